The van der Waals surface area contributed by atoms with Crippen LogP contribution in [0.1, 0.15) is 25.6 Å². The van der Waals surface area contributed by atoms with E-state index in [9.17, 15) is 14.4 Å². The molecule has 0 aliphatic rings. The van der Waals surface area contributed by atoms with Crippen molar-refractivity contribution in [3.8, 4) is 0 Å². The summed E-state index contributed by atoms with van der Waals surface area (Å²) in [5, 5.41) is 11.3. The Morgan fingerprint density at radius 2 is 1.89 bits per heavy atom. The van der Waals surface area contributed by atoms with Crippen molar-refractivity contribution in [1.29, 1.82) is 0 Å². The first-order valence-corrected chi connectivity index (χ1v) is 8.92. The zero-order chi connectivity index (χ0) is 19.2. The summed E-state index contributed by atoms with van der Waals surface area (Å²) in [5.74, 6) is -0.944. The molecule has 9 heteroatoms. The highest BCUT2D eigenvalue weighted by Gasteiger charge is 2.09. The van der Waals surface area contributed by atoms with E-state index in [0.29, 0.717) is 22.7 Å². The smallest absolute Gasteiger partial charge is 0.261 e. The standard InChI is InChI=1S/C18H17N5O3S/c19-16(24)11-23-10-14(9-21-23)22-17(25)13-5-3-12(4-6-13)8-20-18(26)15-2-1-7-27-15/h1-7,9-10H,8,11H2,(H2,19,24)(H,20,26)(H,22,25). The fourth-order valence-corrected chi connectivity index (χ4v) is 2.97. The number of nitrogens with zero attached hydrogens (tertiary/aromatic N) is 2. The topological polar surface area (TPSA) is 119 Å². The van der Waals surface area contributed by atoms with Gasteiger partial charge in [-0.15, -0.1) is 11.3 Å². The third-order valence-electron chi connectivity index (χ3n) is 3.62. The molecular weight excluding hydrogens is 366 g/mol. The van der Waals surface area contributed by atoms with Crippen molar-refractivity contribution >= 4 is 34.7 Å². The van der Waals surface area contributed by atoms with Gasteiger partial charge in [-0.25, -0.2) is 0 Å². The normalized spacial score (nSPS) is 10.4. The Bertz CT molecular complexity index is 948. The Balaban J connectivity index is 1.54. The van der Waals surface area contributed by atoms with Gasteiger partial charge >= 0.3 is 0 Å². The lowest BCUT2D eigenvalue weighted by atomic mass is 10.1. The van der Waals surface area contributed by atoms with E-state index in [1.807, 2.05) is 11.4 Å². The maximum atomic E-state index is 12.3. The Morgan fingerprint density at radius 1 is 1.11 bits per heavy atom. The second-order valence-corrected chi connectivity index (χ2v) is 6.65. The second kappa shape index (κ2) is 8.28. The van der Waals surface area contributed by atoms with Gasteiger partial charge in [-0.1, -0.05) is 18.2 Å². The number of carbonyl (C=O) groups excluding carboxylic acids is 3. The summed E-state index contributed by atoms with van der Waals surface area (Å²) in [7, 11) is 0. The lowest BCUT2D eigenvalue weighted by Gasteiger charge is -2.06. The highest BCUT2D eigenvalue weighted by atomic mass is 32.1. The average molecular weight is 383 g/mol. The number of anilines is 1. The van der Waals surface area contributed by atoms with Gasteiger partial charge in [-0.05, 0) is 29.1 Å². The number of primary amides is 1. The van der Waals surface area contributed by atoms with Crippen LogP contribution in [0.25, 0.3) is 0 Å². The molecule has 0 unspecified atom stereocenters. The van der Waals surface area contributed by atoms with Gasteiger partial charge in [0.2, 0.25) is 5.91 Å². The summed E-state index contributed by atoms with van der Waals surface area (Å²) in [5.41, 5.74) is 6.91. The second-order valence-electron chi connectivity index (χ2n) is 5.70. The molecule has 0 bridgehead atoms. The highest BCUT2D eigenvalue weighted by Crippen LogP contribution is 2.11. The molecule has 3 rings (SSSR count). The van der Waals surface area contributed by atoms with Crippen LogP contribution in [-0.2, 0) is 17.9 Å². The Morgan fingerprint density at radius 3 is 2.56 bits per heavy atom. The number of thiophene rings is 1. The zero-order valence-corrected chi connectivity index (χ0v) is 15.0. The summed E-state index contributed by atoms with van der Waals surface area (Å²) in [6.45, 7) is 0.320. The molecule has 0 saturated heterocycles. The van der Waals surface area contributed by atoms with Gasteiger partial charge < -0.3 is 16.4 Å². The predicted molar refractivity (Wildman–Crippen MR) is 101 cm³/mol. The van der Waals surface area contributed by atoms with Gasteiger partial charge in [-0.2, -0.15) is 5.10 Å². The number of aromatic nitrogens is 2. The van der Waals surface area contributed by atoms with E-state index in [-0.39, 0.29) is 18.4 Å². The fraction of sp³-hybridized carbons (Fsp3) is 0.111. The van der Waals surface area contributed by atoms with Crippen LogP contribution in [0.4, 0.5) is 5.69 Å². The fourth-order valence-electron chi connectivity index (χ4n) is 2.33. The number of carbonyl (C=O) groups is 3. The van der Waals surface area contributed by atoms with Crippen LogP contribution in [0, 0.1) is 0 Å². The molecule has 3 amide bonds. The third kappa shape index (κ3) is 5.02. The molecule has 0 atom stereocenters. The summed E-state index contributed by atoms with van der Waals surface area (Å²) in [4.78, 5) is 35.7. The summed E-state index contributed by atoms with van der Waals surface area (Å²) in [6.07, 6.45) is 2.96. The van der Waals surface area contributed by atoms with Crippen LogP contribution >= 0.6 is 11.3 Å². The molecule has 27 heavy (non-hydrogen) atoms. The summed E-state index contributed by atoms with van der Waals surface area (Å²) < 4.78 is 1.34. The van der Waals surface area contributed by atoms with E-state index >= 15 is 0 Å². The van der Waals surface area contributed by atoms with Crippen LogP contribution < -0.4 is 16.4 Å². The maximum absolute atomic E-state index is 12.3. The SMILES string of the molecule is NC(=O)Cn1cc(NC(=O)c2ccc(CNC(=O)c3cccs3)cc2)cn1. The van der Waals surface area contributed by atoms with Gasteiger partial charge in [0.05, 0.1) is 16.8 Å². The van der Waals surface area contributed by atoms with Crippen molar-refractivity contribution in [2.45, 2.75) is 13.1 Å². The minimum absolute atomic E-state index is 0.0538. The van der Waals surface area contributed by atoms with Gasteiger partial charge in [-0.3, -0.25) is 19.1 Å². The largest absolute Gasteiger partial charge is 0.368 e. The first-order chi connectivity index (χ1) is 13.0. The molecule has 2 heterocycles. The Labute approximate surface area is 159 Å². The van der Waals surface area contributed by atoms with Crippen LogP contribution in [0.3, 0.4) is 0 Å². The molecule has 2 aromatic heterocycles. The molecule has 1 aromatic carbocycles. The van der Waals surface area contributed by atoms with E-state index in [0.717, 1.165) is 5.56 Å². The molecule has 0 fully saturated rings. The lowest BCUT2D eigenvalue weighted by molar-refractivity contribution is -0.118. The van der Waals surface area contributed by atoms with E-state index < -0.39 is 5.91 Å². The number of nitrogens with two attached hydrogens (primary N) is 1. The van der Waals surface area contributed by atoms with Gasteiger partial charge in [0, 0.05) is 18.3 Å². The molecule has 138 valence electrons. The molecule has 0 radical (unpaired) electrons. The molecule has 0 saturated carbocycles. The van der Waals surface area contributed by atoms with E-state index in [1.165, 1.54) is 28.4 Å². The zero-order valence-electron chi connectivity index (χ0n) is 14.2. The number of rotatable bonds is 7. The van der Waals surface area contributed by atoms with Crippen molar-refractivity contribution in [1.82, 2.24) is 15.1 Å². The maximum Gasteiger partial charge on any atom is 0.261 e. The molecule has 0 aliphatic carbocycles. The Hall–Kier alpha value is -3.46. The predicted octanol–water partition coefficient (Wildman–Crippen LogP) is 1.61. The number of benzene rings is 1. The van der Waals surface area contributed by atoms with Crippen LogP contribution in [0.5, 0.6) is 0 Å². The van der Waals surface area contributed by atoms with Gasteiger partial charge in [0.25, 0.3) is 11.8 Å². The average Bonchev–Trinajstić information content (AvgIpc) is 3.32. The van der Waals surface area contributed by atoms with Crippen LogP contribution in [-0.4, -0.2) is 27.5 Å². The number of hydrogen-bond donors (Lipinski definition) is 3. The lowest BCUT2D eigenvalue weighted by Crippen LogP contribution is -2.21. The molecule has 3 aromatic rings. The van der Waals surface area contributed by atoms with Crippen molar-refractivity contribution in [3.05, 3.63) is 70.2 Å². The quantitative estimate of drug-likeness (QED) is 0.574. The van der Waals surface area contributed by atoms with Crippen LogP contribution in [0.2, 0.25) is 0 Å². The molecule has 0 spiro atoms. The van der Waals surface area contributed by atoms with Gasteiger partial charge in [0.1, 0.15) is 6.54 Å². The number of amides is 3. The first-order valence-electron chi connectivity index (χ1n) is 8.04. The van der Waals surface area contributed by atoms with Crippen molar-refractivity contribution in [2.75, 3.05) is 5.32 Å². The number of nitrogens with one attached hydrogen (secondary N) is 2. The summed E-state index contributed by atoms with van der Waals surface area (Å²) >= 11 is 1.38. The minimum Gasteiger partial charge on any atom is -0.368 e. The van der Waals surface area contributed by atoms with Crippen molar-refractivity contribution in [3.63, 3.8) is 0 Å². The van der Waals surface area contributed by atoms with Crippen LogP contribution in [0.15, 0.2) is 54.2 Å². The van der Waals surface area contributed by atoms with Crippen molar-refractivity contribution in [2.24, 2.45) is 5.73 Å². The monoisotopic (exact) mass is 383 g/mol. The molecular formula is C18H17N5O3S. The number of hydrogen-bond acceptors (Lipinski definition) is 5. The van der Waals surface area contributed by atoms with Crippen molar-refractivity contribution < 1.29 is 14.4 Å². The van der Waals surface area contributed by atoms with E-state index in [2.05, 4.69) is 15.7 Å². The first kappa shape index (κ1) is 18.3. The Kier molecular flexibility index (Phi) is 5.62. The third-order valence-corrected chi connectivity index (χ3v) is 4.49. The van der Waals surface area contributed by atoms with Gasteiger partial charge in [0.15, 0.2) is 0 Å². The van der Waals surface area contributed by atoms with E-state index in [1.54, 1.807) is 30.3 Å². The minimum atomic E-state index is -0.516. The molecule has 4 N–H and O–H groups in total. The summed E-state index contributed by atoms with van der Waals surface area (Å²) in [6, 6.07) is 10.5. The molecule has 0 aliphatic heterocycles. The van der Waals surface area contributed by atoms with E-state index in [4.69, 9.17) is 5.73 Å². The highest BCUT2D eigenvalue weighted by molar-refractivity contribution is 7.12. The molecule has 8 nitrogen and oxygen atoms in total.